The van der Waals surface area contributed by atoms with Crippen molar-refractivity contribution in [2.45, 2.75) is 10.9 Å². The molecule has 1 aliphatic heterocycles. The zero-order valence-electron chi connectivity index (χ0n) is 13.7. The molecule has 136 valence electrons. The number of methoxy groups -OCH3 is 1. The first-order valence-corrected chi connectivity index (χ1v) is 9.09. The molecular weight excluding hydrogens is 367 g/mol. The van der Waals surface area contributed by atoms with E-state index in [-0.39, 0.29) is 17.3 Å². The second-order valence-electron chi connectivity index (χ2n) is 5.54. The van der Waals surface area contributed by atoms with Gasteiger partial charge in [-0.15, -0.1) is 12.4 Å². The monoisotopic (exact) mass is 386 g/mol. The van der Waals surface area contributed by atoms with Crippen molar-refractivity contribution >= 4 is 22.4 Å². The maximum Gasteiger partial charge on any atom is 0.243 e. The van der Waals surface area contributed by atoms with Crippen LogP contribution in [0.5, 0.6) is 5.75 Å². The Bertz CT molecular complexity index is 832. The molecule has 0 aromatic heterocycles. The minimum Gasteiger partial charge on any atom is -0.496 e. The van der Waals surface area contributed by atoms with Crippen LogP contribution in [-0.2, 0) is 10.0 Å². The molecule has 2 aromatic carbocycles. The average Bonchev–Trinajstić information content (AvgIpc) is 2.61. The van der Waals surface area contributed by atoms with E-state index >= 15 is 0 Å². The second-order valence-corrected chi connectivity index (χ2v) is 7.43. The molecule has 0 spiro atoms. The lowest BCUT2D eigenvalue weighted by Crippen LogP contribution is -2.48. The maximum atomic E-state index is 13.5. The molecule has 0 saturated carbocycles. The van der Waals surface area contributed by atoms with Gasteiger partial charge in [-0.3, -0.25) is 0 Å². The van der Waals surface area contributed by atoms with Crippen molar-refractivity contribution in [1.29, 1.82) is 0 Å². The summed E-state index contributed by atoms with van der Waals surface area (Å²) in [4.78, 5) is -0.0377. The quantitative estimate of drug-likeness (QED) is 0.877. The maximum absolute atomic E-state index is 13.5. The Balaban J connectivity index is 0.00000225. The highest BCUT2D eigenvalue weighted by Crippen LogP contribution is 2.33. The van der Waals surface area contributed by atoms with Gasteiger partial charge >= 0.3 is 0 Å². The van der Waals surface area contributed by atoms with Crippen LogP contribution in [0, 0.1) is 5.82 Å². The molecule has 3 rings (SSSR count). The molecule has 0 amide bonds. The molecule has 8 heteroatoms. The van der Waals surface area contributed by atoms with Gasteiger partial charge in [0.15, 0.2) is 0 Å². The smallest absolute Gasteiger partial charge is 0.243 e. The molecule has 1 aliphatic rings. The van der Waals surface area contributed by atoms with Gasteiger partial charge < -0.3 is 10.1 Å². The van der Waals surface area contributed by atoms with Crippen LogP contribution in [0.3, 0.4) is 0 Å². The van der Waals surface area contributed by atoms with Crippen LogP contribution in [0.25, 0.3) is 0 Å². The molecule has 25 heavy (non-hydrogen) atoms. The van der Waals surface area contributed by atoms with E-state index in [9.17, 15) is 12.8 Å². The summed E-state index contributed by atoms with van der Waals surface area (Å²) in [5.74, 6) is 0.0608. The summed E-state index contributed by atoms with van der Waals surface area (Å²) in [5.41, 5.74) is 0.784. The van der Waals surface area contributed by atoms with E-state index in [4.69, 9.17) is 4.74 Å². The molecule has 1 atom stereocenters. The molecule has 1 N–H and O–H groups in total. The summed E-state index contributed by atoms with van der Waals surface area (Å²) in [6, 6.07) is 12.0. The van der Waals surface area contributed by atoms with Gasteiger partial charge in [-0.25, -0.2) is 12.8 Å². The van der Waals surface area contributed by atoms with E-state index in [1.54, 1.807) is 13.2 Å². The number of piperazine rings is 1. The molecule has 0 aliphatic carbocycles. The van der Waals surface area contributed by atoms with Gasteiger partial charge in [-0.05, 0) is 24.3 Å². The summed E-state index contributed by atoms with van der Waals surface area (Å²) in [6.45, 7) is 1.32. The Morgan fingerprint density at radius 2 is 1.96 bits per heavy atom. The van der Waals surface area contributed by atoms with Gasteiger partial charge in [0.25, 0.3) is 0 Å². The molecule has 5 nitrogen and oxygen atoms in total. The summed E-state index contributed by atoms with van der Waals surface area (Å²) in [7, 11) is -2.25. The van der Waals surface area contributed by atoms with Crippen molar-refractivity contribution < 1.29 is 17.5 Å². The van der Waals surface area contributed by atoms with Crippen LogP contribution in [0.2, 0.25) is 0 Å². The number of hydrogen-bond acceptors (Lipinski definition) is 4. The normalized spacial score (nSPS) is 18.4. The summed E-state index contributed by atoms with van der Waals surface area (Å²) < 4.78 is 46.3. The molecule has 1 saturated heterocycles. The number of ether oxygens (including phenoxy) is 1. The van der Waals surface area contributed by atoms with Crippen molar-refractivity contribution in [3.63, 3.8) is 0 Å². The SMILES string of the molecule is COc1ccccc1C1CNCCN1S(=O)(=O)c1cccc(F)c1.Cl. The number of nitrogens with one attached hydrogen (secondary N) is 1. The number of sulfonamides is 1. The molecule has 0 bridgehead atoms. The van der Waals surface area contributed by atoms with E-state index in [0.717, 1.165) is 11.6 Å². The van der Waals surface area contributed by atoms with Crippen molar-refractivity contribution in [1.82, 2.24) is 9.62 Å². The Hall–Kier alpha value is -1.67. The summed E-state index contributed by atoms with van der Waals surface area (Å²) in [5, 5.41) is 3.21. The first-order valence-electron chi connectivity index (χ1n) is 7.65. The third kappa shape index (κ3) is 3.95. The standard InChI is InChI=1S/C17H19FN2O3S.ClH/c1-23-17-8-3-2-7-15(17)16-12-19-9-10-20(16)24(21,22)14-6-4-5-13(18)11-14;/h2-8,11,16,19H,9-10,12H2,1H3;1H. The lowest BCUT2D eigenvalue weighted by atomic mass is 10.0. The van der Waals surface area contributed by atoms with Gasteiger partial charge in [0, 0.05) is 25.2 Å². The van der Waals surface area contributed by atoms with Crippen LogP contribution in [-0.4, -0.2) is 39.5 Å². The minimum absolute atomic E-state index is 0. The van der Waals surface area contributed by atoms with Crippen LogP contribution >= 0.6 is 12.4 Å². The number of benzene rings is 2. The molecule has 1 unspecified atom stereocenters. The van der Waals surface area contributed by atoms with Gasteiger partial charge in [-0.2, -0.15) is 4.31 Å². The van der Waals surface area contributed by atoms with Crippen molar-refractivity contribution in [2.24, 2.45) is 0 Å². The Labute approximate surface area is 153 Å². The average molecular weight is 387 g/mol. The molecule has 0 radical (unpaired) electrons. The fourth-order valence-corrected chi connectivity index (χ4v) is 4.58. The van der Waals surface area contributed by atoms with E-state index < -0.39 is 21.9 Å². The van der Waals surface area contributed by atoms with Crippen molar-refractivity contribution in [3.8, 4) is 5.75 Å². The summed E-state index contributed by atoms with van der Waals surface area (Å²) >= 11 is 0. The Morgan fingerprint density at radius 1 is 1.20 bits per heavy atom. The van der Waals surface area contributed by atoms with Crippen LogP contribution in [0.4, 0.5) is 4.39 Å². The molecule has 1 fully saturated rings. The molecular formula is C17H20ClFN2O3S. The number of nitrogens with zero attached hydrogens (tertiary/aromatic N) is 1. The zero-order chi connectivity index (χ0) is 17.2. The first-order chi connectivity index (χ1) is 11.5. The topological polar surface area (TPSA) is 58.6 Å². The fraction of sp³-hybridized carbons (Fsp3) is 0.294. The van der Waals surface area contributed by atoms with Crippen LogP contribution in [0.15, 0.2) is 53.4 Å². The minimum atomic E-state index is -3.81. The lowest BCUT2D eigenvalue weighted by Gasteiger charge is -2.36. The van der Waals surface area contributed by atoms with Gasteiger partial charge in [0.2, 0.25) is 10.0 Å². The number of halogens is 2. The zero-order valence-corrected chi connectivity index (χ0v) is 15.3. The number of para-hydroxylation sites is 1. The highest BCUT2D eigenvalue weighted by Gasteiger charge is 2.35. The van der Waals surface area contributed by atoms with E-state index in [1.165, 1.54) is 22.5 Å². The lowest BCUT2D eigenvalue weighted by molar-refractivity contribution is 0.264. The Kier molecular flexibility index (Phi) is 6.40. The highest BCUT2D eigenvalue weighted by molar-refractivity contribution is 7.89. The predicted octanol–water partition coefficient (Wildman–Crippen LogP) is 2.59. The molecule has 2 aromatic rings. The van der Waals surface area contributed by atoms with E-state index in [0.29, 0.717) is 25.4 Å². The third-order valence-corrected chi connectivity index (χ3v) is 6.00. The van der Waals surface area contributed by atoms with Crippen LogP contribution < -0.4 is 10.1 Å². The largest absolute Gasteiger partial charge is 0.496 e. The predicted molar refractivity (Wildman–Crippen MR) is 96.1 cm³/mol. The van der Waals surface area contributed by atoms with E-state index in [2.05, 4.69) is 5.32 Å². The third-order valence-electron chi connectivity index (χ3n) is 4.09. The first kappa shape index (κ1) is 19.7. The van der Waals surface area contributed by atoms with Crippen molar-refractivity contribution in [2.75, 3.05) is 26.7 Å². The van der Waals surface area contributed by atoms with Gasteiger partial charge in [-0.1, -0.05) is 24.3 Å². The van der Waals surface area contributed by atoms with Gasteiger partial charge in [0.05, 0.1) is 18.0 Å². The van der Waals surface area contributed by atoms with Gasteiger partial charge in [0.1, 0.15) is 11.6 Å². The fourth-order valence-electron chi connectivity index (χ4n) is 2.94. The highest BCUT2D eigenvalue weighted by atomic mass is 35.5. The molecule has 1 heterocycles. The Morgan fingerprint density at radius 3 is 2.68 bits per heavy atom. The second kappa shape index (κ2) is 8.14. The summed E-state index contributed by atoms with van der Waals surface area (Å²) in [6.07, 6.45) is 0. The number of rotatable bonds is 4. The van der Waals surface area contributed by atoms with Crippen molar-refractivity contribution in [3.05, 3.63) is 59.9 Å². The van der Waals surface area contributed by atoms with Crippen LogP contribution in [0.1, 0.15) is 11.6 Å². The number of hydrogen-bond donors (Lipinski definition) is 1. The van der Waals surface area contributed by atoms with E-state index in [1.807, 2.05) is 18.2 Å².